The summed E-state index contributed by atoms with van der Waals surface area (Å²) < 4.78 is 1.75. The number of para-hydroxylation sites is 1. The third kappa shape index (κ3) is 2.21. The number of carbonyl (C=O) groups excluding carboxylic acids is 1. The molecular weight excluding hydrogens is 310 g/mol. The maximum absolute atomic E-state index is 12.4. The van der Waals surface area contributed by atoms with Crippen LogP contribution in [-0.2, 0) is 0 Å². The first-order chi connectivity index (χ1) is 8.95. The van der Waals surface area contributed by atoms with Crippen LogP contribution in [0.5, 0.6) is 5.75 Å². The summed E-state index contributed by atoms with van der Waals surface area (Å²) in [5.74, 6) is -0.768. The van der Waals surface area contributed by atoms with Crippen molar-refractivity contribution in [3.63, 3.8) is 0 Å². The van der Waals surface area contributed by atoms with Crippen molar-refractivity contribution < 1.29 is 9.90 Å². The Morgan fingerprint density at radius 2 is 1.84 bits per heavy atom. The number of Topliss-reactive ketones (excluding diaryl/α,β-unsaturated/α-hetero) is 1. The number of hydrogen-bond acceptors (Lipinski definition) is 3. The van der Waals surface area contributed by atoms with Crippen LogP contribution in [-0.4, -0.2) is 15.5 Å². The number of nitrogens with zero attached hydrogens (tertiary/aromatic N) is 1. The van der Waals surface area contributed by atoms with Gasteiger partial charge in [-0.25, -0.2) is 0 Å². The molecular formula is C14H12BrNO3. The van der Waals surface area contributed by atoms with Crippen molar-refractivity contribution >= 4 is 21.7 Å². The van der Waals surface area contributed by atoms with E-state index in [0.717, 1.165) is 0 Å². The Hall–Kier alpha value is -1.88. The topological polar surface area (TPSA) is 59.3 Å². The number of pyridine rings is 1. The van der Waals surface area contributed by atoms with Gasteiger partial charge in [-0.15, -0.1) is 0 Å². The van der Waals surface area contributed by atoms with Crippen LogP contribution >= 0.6 is 15.9 Å². The lowest BCUT2D eigenvalue weighted by Crippen LogP contribution is -2.26. The third-order valence-electron chi connectivity index (χ3n) is 2.88. The smallest absolute Gasteiger partial charge is 0.270 e. The molecule has 0 bridgehead atoms. The monoisotopic (exact) mass is 321 g/mol. The van der Waals surface area contributed by atoms with Crippen molar-refractivity contribution in [2.45, 2.75) is 13.8 Å². The zero-order valence-electron chi connectivity index (χ0n) is 10.5. The standard InChI is InChI=1S/C14H12BrNO3/c1-8-12(15)13(18)11(9(2)17)14(19)16(8)10-6-4-3-5-7-10/h3-7,18H,1-2H3. The summed E-state index contributed by atoms with van der Waals surface area (Å²) >= 11 is 3.22. The van der Waals surface area contributed by atoms with Crippen LogP contribution in [0.2, 0.25) is 0 Å². The number of carbonyl (C=O) groups is 1. The lowest BCUT2D eigenvalue weighted by molar-refractivity contribution is 0.101. The molecule has 5 heteroatoms. The molecule has 0 aliphatic heterocycles. The molecule has 0 unspecified atom stereocenters. The van der Waals surface area contributed by atoms with E-state index in [4.69, 9.17) is 0 Å². The SMILES string of the molecule is CC(=O)c1c(O)c(Br)c(C)n(-c2ccccc2)c1=O. The number of aromatic hydroxyl groups is 1. The molecule has 0 aliphatic carbocycles. The average molecular weight is 322 g/mol. The van der Waals surface area contributed by atoms with E-state index in [2.05, 4.69) is 15.9 Å². The fourth-order valence-electron chi connectivity index (χ4n) is 1.95. The highest BCUT2D eigenvalue weighted by atomic mass is 79.9. The van der Waals surface area contributed by atoms with Crippen LogP contribution in [0.15, 0.2) is 39.6 Å². The zero-order valence-corrected chi connectivity index (χ0v) is 12.1. The van der Waals surface area contributed by atoms with Gasteiger partial charge in [0, 0.05) is 11.4 Å². The number of aromatic nitrogens is 1. The Labute approximate surface area is 118 Å². The van der Waals surface area contributed by atoms with Gasteiger partial charge in [-0.05, 0) is 41.9 Å². The van der Waals surface area contributed by atoms with Crippen LogP contribution in [0.25, 0.3) is 5.69 Å². The maximum atomic E-state index is 12.4. The van der Waals surface area contributed by atoms with Crippen molar-refractivity contribution in [3.05, 3.63) is 56.4 Å². The van der Waals surface area contributed by atoms with E-state index < -0.39 is 11.3 Å². The Morgan fingerprint density at radius 1 is 1.26 bits per heavy atom. The van der Waals surface area contributed by atoms with E-state index in [1.54, 1.807) is 31.2 Å². The van der Waals surface area contributed by atoms with Gasteiger partial charge in [0.25, 0.3) is 5.56 Å². The van der Waals surface area contributed by atoms with E-state index >= 15 is 0 Å². The summed E-state index contributed by atoms with van der Waals surface area (Å²) in [6.07, 6.45) is 0. The lowest BCUT2D eigenvalue weighted by atomic mass is 10.1. The van der Waals surface area contributed by atoms with Crippen molar-refractivity contribution in [2.75, 3.05) is 0 Å². The Morgan fingerprint density at radius 3 is 2.37 bits per heavy atom. The van der Waals surface area contributed by atoms with Gasteiger partial charge < -0.3 is 5.11 Å². The minimum atomic E-state index is -0.517. The average Bonchev–Trinajstić information content (AvgIpc) is 2.37. The fourth-order valence-corrected chi connectivity index (χ4v) is 2.33. The maximum Gasteiger partial charge on any atom is 0.270 e. The second-order valence-electron chi connectivity index (χ2n) is 4.16. The zero-order chi connectivity index (χ0) is 14.2. The van der Waals surface area contributed by atoms with E-state index in [1.807, 2.05) is 6.07 Å². The molecule has 1 heterocycles. The van der Waals surface area contributed by atoms with Crippen molar-refractivity contribution in [1.29, 1.82) is 0 Å². The first-order valence-electron chi connectivity index (χ1n) is 5.65. The molecule has 0 radical (unpaired) electrons. The van der Waals surface area contributed by atoms with Crippen LogP contribution in [0.4, 0.5) is 0 Å². The highest BCUT2D eigenvalue weighted by molar-refractivity contribution is 9.10. The van der Waals surface area contributed by atoms with E-state index in [9.17, 15) is 14.7 Å². The highest BCUT2D eigenvalue weighted by Crippen LogP contribution is 2.30. The first kappa shape index (κ1) is 13.5. The summed E-state index contributed by atoms with van der Waals surface area (Å²) in [6, 6.07) is 8.97. The molecule has 0 amide bonds. The molecule has 0 spiro atoms. The number of benzene rings is 1. The van der Waals surface area contributed by atoms with E-state index in [-0.39, 0.29) is 11.3 Å². The third-order valence-corrected chi connectivity index (χ3v) is 3.83. The molecule has 2 rings (SSSR count). The van der Waals surface area contributed by atoms with E-state index in [1.165, 1.54) is 11.5 Å². The van der Waals surface area contributed by atoms with Crippen LogP contribution < -0.4 is 5.56 Å². The van der Waals surface area contributed by atoms with Crippen molar-refractivity contribution in [2.24, 2.45) is 0 Å². The normalized spacial score (nSPS) is 10.5. The second kappa shape index (κ2) is 5.01. The minimum absolute atomic E-state index is 0.207. The van der Waals surface area contributed by atoms with Crippen LogP contribution in [0.1, 0.15) is 23.0 Å². The van der Waals surface area contributed by atoms with Gasteiger partial charge in [0.15, 0.2) is 5.78 Å². The Bertz CT molecular complexity index is 705. The number of hydrogen-bond donors (Lipinski definition) is 1. The van der Waals surface area contributed by atoms with Crippen LogP contribution in [0.3, 0.4) is 0 Å². The van der Waals surface area contributed by atoms with Gasteiger partial charge in [0.1, 0.15) is 11.3 Å². The summed E-state index contributed by atoms with van der Waals surface area (Å²) in [6.45, 7) is 2.95. The molecule has 0 saturated carbocycles. The molecule has 1 N–H and O–H groups in total. The molecule has 1 aromatic heterocycles. The number of halogens is 1. The predicted molar refractivity (Wildman–Crippen MR) is 76.1 cm³/mol. The fraction of sp³-hybridized carbons (Fsp3) is 0.143. The summed E-state index contributed by atoms with van der Waals surface area (Å²) in [5.41, 5.74) is 0.463. The van der Waals surface area contributed by atoms with Crippen LogP contribution in [0, 0.1) is 6.92 Å². The highest BCUT2D eigenvalue weighted by Gasteiger charge is 2.21. The van der Waals surface area contributed by atoms with Gasteiger partial charge in [-0.1, -0.05) is 18.2 Å². The summed E-state index contributed by atoms with van der Waals surface area (Å²) in [5, 5.41) is 9.92. The molecule has 1 aromatic carbocycles. The number of ketones is 1. The number of rotatable bonds is 2. The van der Waals surface area contributed by atoms with Gasteiger partial charge >= 0.3 is 0 Å². The lowest BCUT2D eigenvalue weighted by Gasteiger charge is -2.14. The van der Waals surface area contributed by atoms with Crippen molar-refractivity contribution in [3.8, 4) is 11.4 Å². The van der Waals surface area contributed by atoms with Gasteiger partial charge in [0.2, 0.25) is 0 Å². The largest absolute Gasteiger partial charge is 0.506 e. The molecule has 0 saturated heterocycles. The second-order valence-corrected chi connectivity index (χ2v) is 4.95. The molecule has 98 valence electrons. The molecule has 0 atom stereocenters. The molecule has 0 aliphatic rings. The Balaban J connectivity index is 2.90. The molecule has 4 nitrogen and oxygen atoms in total. The van der Waals surface area contributed by atoms with E-state index in [0.29, 0.717) is 15.9 Å². The predicted octanol–water partition coefficient (Wildman–Crippen LogP) is 2.82. The van der Waals surface area contributed by atoms with Gasteiger partial charge in [0.05, 0.1) is 4.47 Å². The van der Waals surface area contributed by atoms with Gasteiger partial charge in [-0.2, -0.15) is 0 Å². The summed E-state index contributed by atoms with van der Waals surface area (Å²) in [4.78, 5) is 23.9. The Kier molecular flexibility index (Phi) is 3.57. The van der Waals surface area contributed by atoms with Gasteiger partial charge in [-0.3, -0.25) is 14.2 Å². The minimum Gasteiger partial charge on any atom is -0.506 e. The molecule has 0 fully saturated rings. The molecule has 2 aromatic rings. The molecule has 19 heavy (non-hydrogen) atoms. The first-order valence-corrected chi connectivity index (χ1v) is 6.45. The van der Waals surface area contributed by atoms with Crippen molar-refractivity contribution in [1.82, 2.24) is 4.57 Å². The summed E-state index contributed by atoms with van der Waals surface area (Å²) in [7, 11) is 0. The quantitative estimate of drug-likeness (QED) is 0.865.